The van der Waals surface area contributed by atoms with Crippen molar-refractivity contribution in [1.82, 2.24) is 10.2 Å². The van der Waals surface area contributed by atoms with Crippen LogP contribution < -0.4 is 5.32 Å². The average molecular weight is 248 g/mol. The van der Waals surface area contributed by atoms with Crippen LogP contribution in [0.2, 0.25) is 0 Å². The van der Waals surface area contributed by atoms with Crippen molar-refractivity contribution in [3.8, 4) is 0 Å². The number of sulfone groups is 1. The molecule has 0 aromatic heterocycles. The van der Waals surface area contributed by atoms with Gasteiger partial charge in [0.15, 0.2) is 0 Å². The van der Waals surface area contributed by atoms with Gasteiger partial charge in [0, 0.05) is 18.8 Å². The number of piperidine rings is 1. The highest BCUT2D eigenvalue weighted by molar-refractivity contribution is 7.90. The van der Waals surface area contributed by atoms with Crippen LogP contribution in [-0.4, -0.2) is 58.1 Å². The van der Waals surface area contributed by atoms with Crippen LogP contribution in [0.15, 0.2) is 0 Å². The molecule has 0 saturated carbocycles. The molecule has 1 unspecified atom stereocenters. The molecule has 1 aliphatic heterocycles. The van der Waals surface area contributed by atoms with E-state index in [-0.39, 0.29) is 0 Å². The van der Waals surface area contributed by atoms with Crippen molar-refractivity contribution in [2.75, 3.05) is 38.7 Å². The Kier molecular flexibility index (Phi) is 5.21. The van der Waals surface area contributed by atoms with Crippen molar-refractivity contribution in [1.29, 1.82) is 0 Å². The Hall–Kier alpha value is -0.130. The number of hydrogen-bond acceptors (Lipinski definition) is 4. The van der Waals surface area contributed by atoms with E-state index in [1.54, 1.807) is 0 Å². The van der Waals surface area contributed by atoms with Crippen LogP contribution >= 0.6 is 0 Å². The van der Waals surface area contributed by atoms with Crippen LogP contribution in [0, 0.1) is 5.92 Å². The molecular weight excluding hydrogens is 224 g/mol. The van der Waals surface area contributed by atoms with Gasteiger partial charge in [-0.15, -0.1) is 0 Å². The summed E-state index contributed by atoms with van der Waals surface area (Å²) < 4.78 is 22.1. The van der Waals surface area contributed by atoms with Gasteiger partial charge < -0.3 is 10.2 Å². The van der Waals surface area contributed by atoms with Crippen molar-refractivity contribution in [3.63, 3.8) is 0 Å². The van der Waals surface area contributed by atoms with Crippen LogP contribution in [0.25, 0.3) is 0 Å². The van der Waals surface area contributed by atoms with Crippen LogP contribution in [0.3, 0.4) is 0 Å². The fraction of sp³-hybridized carbons (Fsp3) is 1.00. The topological polar surface area (TPSA) is 49.4 Å². The van der Waals surface area contributed by atoms with Crippen LogP contribution in [0.4, 0.5) is 0 Å². The minimum atomic E-state index is -2.81. The maximum Gasteiger partial charge on any atom is 0.148 e. The van der Waals surface area contributed by atoms with E-state index >= 15 is 0 Å². The monoisotopic (exact) mass is 248 g/mol. The first-order valence-electron chi connectivity index (χ1n) is 5.99. The zero-order valence-electron chi connectivity index (χ0n) is 10.6. The van der Waals surface area contributed by atoms with E-state index in [4.69, 9.17) is 0 Å². The lowest BCUT2D eigenvalue weighted by atomic mass is 9.90. The highest BCUT2D eigenvalue weighted by Crippen LogP contribution is 2.20. The Morgan fingerprint density at radius 1 is 1.38 bits per heavy atom. The maximum absolute atomic E-state index is 11.1. The summed E-state index contributed by atoms with van der Waals surface area (Å²) in [5, 5.41) is 3.29. The molecule has 0 amide bonds. The first-order valence-corrected chi connectivity index (χ1v) is 8.06. The molecule has 4 nitrogen and oxygen atoms in total. The Morgan fingerprint density at radius 3 is 2.38 bits per heavy atom. The molecule has 0 aliphatic carbocycles. The number of nitrogens with zero attached hydrogens (tertiary/aromatic N) is 1. The molecule has 0 aromatic carbocycles. The summed E-state index contributed by atoms with van der Waals surface area (Å²) in [5.41, 5.74) is 0. The Bertz CT molecular complexity index is 295. The van der Waals surface area contributed by atoms with Crippen LogP contribution in [0.1, 0.15) is 19.8 Å². The molecule has 0 aromatic rings. The smallest absolute Gasteiger partial charge is 0.148 e. The summed E-state index contributed by atoms with van der Waals surface area (Å²) in [6.07, 6.45) is 3.65. The first-order chi connectivity index (χ1) is 7.42. The molecule has 1 aliphatic rings. The Labute approximate surface area is 99.3 Å². The quantitative estimate of drug-likeness (QED) is 0.763. The molecule has 16 heavy (non-hydrogen) atoms. The molecule has 1 fully saturated rings. The lowest BCUT2D eigenvalue weighted by molar-refractivity contribution is 0.172. The van der Waals surface area contributed by atoms with E-state index in [1.165, 1.54) is 19.1 Å². The minimum absolute atomic E-state index is 0.291. The molecule has 1 atom stereocenters. The second kappa shape index (κ2) is 5.98. The maximum atomic E-state index is 11.1. The zero-order valence-corrected chi connectivity index (χ0v) is 11.4. The summed E-state index contributed by atoms with van der Waals surface area (Å²) in [5.74, 6) is 1.03. The normalized spacial score (nSPS) is 22.2. The Morgan fingerprint density at radius 2 is 1.94 bits per heavy atom. The molecule has 96 valence electrons. The minimum Gasteiger partial charge on any atom is -0.317 e. The molecule has 0 bridgehead atoms. The molecule has 5 heteroatoms. The van der Waals surface area contributed by atoms with Gasteiger partial charge in [-0.05, 0) is 45.8 Å². The van der Waals surface area contributed by atoms with Gasteiger partial charge in [0.05, 0.1) is 5.75 Å². The molecule has 1 saturated heterocycles. The number of likely N-dealkylation sites (tertiary alicyclic amines) is 1. The van der Waals surface area contributed by atoms with Crippen molar-refractivity contribution in [3.05, 3.63) is 0 Å². The third kappa shape index (κ3) is 4.80. The lowest BCUT2D eigenvalue weighted by Crippen LogP contribution is -2.42. The van der Waals surface area contributed by atoms with Gasteiger partial charge >= 0.3 is 0 Å². The van der Waals surface area contributed by atoms with Crippen LogP contribution in [0.5, 0.6) is 0 Å². The van der Waals surface area contributed by atoms with Crippen molar-refractivity contribution in [2.45, 2.75) is 25.8 Å². The lowest BCUT2D eigenvalue weighted by Gasteiger charge is -2.34. The predicted octanol–water partition coefficient (Wildman–Crippen LogP) is 0.351. The summed E-state index contributed by atoms with van der Waals surface area (Å²) >= 11 is 0. The standard InChI is InChI=1S/C11H24N2O2S/c1-10(12-2)11-4-6-13(7-5-11)8-9-16(3,14)15/h10-12H,4-9H2,1-3H3. The molecule has 1 N–H and O–H groups in total. The van der Waals surface area contributed by atoms with Gasteiger partial charge in [-0.1, -0.05) is 0 Å². The second-order valence-corrected chi connectivity index (χ2v) is 7.15. The van der Waals surface area contributed by atoms with E-state index in [9.17, 15) is 8.42 Å². The summed E-state index contributed by atoms with van der Waals surface area (Å²) in [6, 6.07) is 0.567. The van der Waals surface area contributed by atoms with Gasteiger partial charge in [-0.25, -0.2) is 8.42 Å². The number of rotatable bonds is 5. The van der Waals surface area contributed by atoms with Gasteiger partial charge in [-0.2, -0.15) is 0 Å². The third-order valence-corrected chi connectivity index (χ3v) is 4.50. The molecule has 0 spiro atoms. The SMILES string of the molecule is CNC(C)C1CCN(CCS(C)(=O)=O)CC1. The second-order valence-electron chi connectivity index (χ2n) is 4.89. The Balaban J connectivity index is 2.27. The van der Waals surface area contributed by atoms with E-state index < -0.39 is 9.84 Å². The summed E-state index contributed by atoms with van der Waals surface area (Å²) in [6.45, 7) is 4.98. The average Bonchev–Trinajstić information content (AvgIpc) is 2.25. The summed E-state index contributed by atoms with van der Waals surface area (Å²) in [4.78, 5) is 2.26. The van der Waals surface area contributed by atoms with Crippen molar-refractivity contribution >= 4 is 9.84 Å². The number of hydrogen-bond donors (Lipinski definition) is 1. The summed E-state index contributed by atoms with van der Waals surface area (Å²) in [7, 11) is -0.811. The van der Waals surface area contributed by atoms with Crippen molar-refractivity contribution in [2.24, 2.45) is 5.92 Å². The molecule has 0 radical (unpaired) electrons. The van der Waals surface area contributed by atoms with E-state index in [0.717, 1.165) is 19.0 Å². The van der Waals surface area contributed by atoms with E-state index in [0.29, 0.717) is 18.3 Å². The highest BCUT2D eigenvalue weighted by Gasteiger charge is 2.23. The van der Waals surface area contributed by atoms with Crippen LogP contribution in [-0.2, 0) is 9.84 Å². The molecule has 1 rings (SSSR count). The van der Waals surface area contributed by atoms with E-state index in [1.807, 2.05) is 7.05 Å². The van der Waals surface area contributed by atoms with E-state index in [2.05, 4.69) is 17.1 Å². The molecular formula is C11H24N2O2S. The van der Waals surface area contributed by atoms with Gasteiger partial charge in [-0.3, -0.25) is 0 Å². The fourth-order valence-electron chi connectivity index (χ4n) is 2.21. The zero-order chi connectivity index (χ0) is 12.2. The van der Waals surface area contributed by atoms with Gasteiger partial charge in [0.1, 0.15) is 9.84 Å². The molecule has 1 heterocycles. The van der Waals surface area contributed by atoms with Gasteiger partial charge in [0.2, 0.25) is 0 Å². The number of nitrogens with one attached hydrogen (secondary N) is 1. The first kappa shape index (κ1) is 13.9. The fourth-order valence-corrected chi connectivity index (χ4v) is 2.80. The highest BCUT2D eigenvalue weighted by atomic mass is 32.2. The van der Waals surface area contributed by atoms with Gasteiger partial charge in [0.25, 0.3) is 0 Å². The predicted molar refractivity (Wildman–Crippen MR) is 67.4 cm³/mol. The third-order valence-electron chi connectivity index (χ3n) is 3.57. The largest absolute Gasteiger partial charge is 0.317 e. The van der Waals surface area contributed by atoms with Crippen molar-refractivity contribution < 1.29 is 8.42 Å².